The van der Waals surface area contributed by atoms with Crippen molar-refractivity contribution in [3.8, 4) is 11.8 Å². The molecule has 0 atom stereocenters. The van der Waals surface area contributed by atoms with Crippen LogP contribution in [0, 0.1) is 11.3 Å². The van der Waals surface area contributed by atoms with Crippen molar-refractivity contribution >= 4 is 17.3 Å². The number of carbonyl (C=O) groups excluding carboxylic acids is 1. The summed E-state index contributed by atoms with van der Waals surface area (Å²) >= 11 is 1.09. The second-order valence-electron chi connectivity index (χ2n) is 2.57. The Balaban J connectivity index is 2.98. The van der Waals surface area contributed by atoms with E-state index < -0.39 is 5.97 Å². The van der Waals surface area contributed by atoms with Gasteiger partial charge in [0.05, 0.1) is 13.2 Å². The van der Waals surface area contributed by atoms with Crippen LogP contribution in [0.2, 0.25) is 0 Å². The fourth-order valence-corrected chi connectivity index (χ4v) is 1.82. The van der Waals surface area contributed by atoms with Crippen molar-refractivity contribution in [3.63, 3.8) is 0 Å². The Hall–Kier alpha value is -1.54. The third-order valence-corrected chi connectivity index (χ3v) is 2.57. The van der Waals surface area contributed by atoms with Crippen LogP contribution < -0.4 is 4.74 Å². The predicted octanol–water partition coefficient (Wildman–Crippen LogP) is 2.20. The number of esters is 1. The van der Waals surface area contributed by atoms with Crippen molar-refractivity contribution in [3.05, 3.63) is 15.8 Å². The molecule has 0 fully saturated rings. The van der Waals surface area contributed by atoms with Crippen LogP contribution in [0.3, 0.4) is 0 Å². The summed E-state index contributed by atoms with van der Waals surface area (Å²) in [5, 5.41) is 8.71. The third-order valence-electron chi connectivity index (χ3n) is 1.57. The molecule has 0 aliphatic rings. The average molecular weight is 225 g/mol. The normalized spacial score (nSPS) is 9.40. The van der Waals surface area contributed by atoms with E-state index in [0.717, 1.165) is 11.3 Å². The Morgan fingerprint density at radius 1 is 1.53 bits per heavy atom. The molecule has 0 N–H and O–H groups in total. The van der Waals surface area contributed by atoms with Gasteiger partial charge in [-0.15, -0.1) is 11.3 Å². The van der Waals surface area contributed by atoms with Gasteiger partial charge >= 0.3 is 5.97 Å². The summed E-state index contributed by atoms with van der Waals surface area (Å²) in [4.78, 5) is 12.3. The van der Waals surface area contributed by atoms with Crippen LogP contribution in [0.4, 0.5) is 0 Å². The molecular weight excluding hydrogens is 214 g/mol. The molecule has 15 heavy (non-hydrogen) atoms. The lowest BCUT2D eigenvalue weighted by molar-refractivity contribution is 0.0528. The second kappa shape index (κ2) is 5.37. The zero-order chi connectivity index (χ0) is 11.3. The lowest BCUT2D eigenvalue weighted by Gasteiger charge is -2.03. The summed E-state index contributed by atoms with van der Waals surface area (Å²) < 4.78 is 10.1. The number of rotatable bonds is 4. The molecule has 0 unspecified atom stereocenters. The Bertz CT molecular complexity index is 392. The summed E-state index contributed by atoms with van der Waals surface area (Å²) in [6.45, 7) is 4.31. The third kappa shape index (κ3) is 2.70. The van der Waals surface area contributed by atoms with E-state index in [4.69, 9.17) is 14.7 Å². The van der Waals surface area contributed by atoms with Crippen molar-refractivity contribution in [2.24, 2.45) is 0 Å². The maximum absolute atomic E-state index is 11.5. The van der Waals surface area contributed by atoms with Crippen LogP contribution in [0.15, 0.2) is 6.07 Å². The summed E-state index contributed by atoms with van der Waals surface area (Å²) in [5.74, 6) is -0.00931. The highest BCUT2D eigenvalue weighted by Gasteiger charge is 2.18. The van der Waals surface area contributed by atoms with Crippen LogP contribution >= 0.6 is 11.3 Å². The molecule has 0 bridgehead atoms. The molecule has 0 saturated heterocycles. The molecule has 80 valence electrons. The summed E-state index contributed by atoms with van der Waals surface area (Å²) in [7, 11) is 0. The average Bonchev–Trinajstić information content (AvgIpc) is 2.62. The van der Waals surface area contributed by atoms with E-state index in [2.05, 4.69) is 0 Å². The summed E-state index contributed by atoms with van der Waals surface area (Å²) in [5.41, 5.74) is 0. The fraction of sp³-hybridized carbons (Fsp3) is 0.400. The van der Waals surface area contributed by atoms with Crippen molar-refractivity contribution in [1.29, 1.82) is 5.26 Å². The van der Waals surface area contributed by atoms with Crippen LogP contribution in [-0.4, -0.2) is 19.2 Å². The maximum Gasteiger partial charge on any atom is 0.352 e. The molecule has 0 spiro atoms. The Morgan fingerprint density at radius 3 is 2.80 bits per heavy atom. The molecule has 0 aliphatic carbocycles. The minimum absolute atomic E-state index is 0.310. The molecule has 0 aliphatic heterocycles. The molecule has 1 rings (SSSR count). The van der Waals surface area contributed by atoms with Gasteiger partial charge in [-0.05, 0) is 13.8 Å². The fourth-order valence-electron chi connectivity index (χ4n) is 1.03. The number of hydrogen-bond acceptors (Lipinski definition) is 5. The maximum atomic E-state index is 11.5. The molecule has 0 amide bonds. The molecule has 5 heteroatoms. The summed E-state index contributed by atoms with van der Waals surface area (Å²) in [6, 6.07) is 3.53. The van der Waals surface area contributed by atoms with E-state index in [9.17, 15) is 4.79 Å². The standard InChI is InChI=1S/C10H11NO3S/c1-3-13-8-5-7(6-11)15-9(8)10(12)14-4-2/h5H,3-4H2,1-2H3. The number of hydrogen-bond donors (Lipinski definition) is 0. The summed E-state index contributed by atoms with van der Waals surface area (Å²) in [6.07, 6.45) is 0. The molecule has 1 aromatic rings. The van der Waals surface area contributed by atoms with Crippen LogP contribution in [0.5, 0.6) is 5.75 Å². The SMILES string of the molecule is CCOC(=O)c1sc(C#N)cc1OCC. The van der Waals surface area contributed by atoms with Gasteiger partial charge in [0.25, 0.3) is 0 Å². The minimum atomic E-state index is -0.438. The number of thiophene rings is 1. The number of nitriles is 1. The smallest absolute Gasteiger partial charge is 0.352 e. The van der Waals surface area contributed by atoms with E-state index >= 15 is 0 Å². The van der Waals surface area contributed by atoms with Crippen LogP contribution in [0.25, 0.3) is 0 Å². The lowest BCUT2D eigenvalue weighted by atomic mass is 10.4. The van der Waals surface area contributed by atoms with E-state index in [1.807, 2.05) is 13.0 Å². The zero-order valence-corrected chi connectivity index (χ0v) is 9.39. The largest absolute Gasteiger partial charge is 0.492 e. The van der Waals surface area contributed by atoms with Gasteiger partial charge in [0.2, 0.25) is 0 Å². The van der Waals surface area contributed by atoms with Crippen LogP contribution in [-0.2, 0) is 4.74 Å². The first-order valence-corrected chi connectivity index (χ1v) is 5.38. The number of nitrogens with zero attached hydrogens (tertiary/aromatic N) is 1. The van der Waals surface area contributed by atoms with Crippen molar-refractivity contribution in [1.82, 2.24) is 0 Å². The van der Waals surface area contributed by atoms with E-state index in [1.54, 1.807) is 13.0 Å². The number of ether oxygens (including phenoxy) is 2. The van der Waals surface area contributed by atoms with Gasteiger partial charge in [-0.2, -0.15) is 5.26 Å². The Morgan fingerprint density at radius 2 is 2.27 bits per heavy atom. The van der Waals surface area contributed by atoms with Crippen molar-refractivity contribution in [2.75, 3.05) is 13.2 Å². The highest BCUT2D eigenvalue weighted by molar-refractivity contribution is 7.14. The van der Waals surface area contributed by atoms with Gasteiger partial charge in [0.15, 0.2) is 4.88 Å². The van der Waals surface area contributed by atoms with Gasteiger partial charge < -0.3 is 9.47 Å². The lowest BCUT2D eigenvalue weighted by Crippen LogP contribution is -2.04. The van der Waals surface area contributed by atoms with Gasteiger partial charge in [-0.3, -0.25) is 0 Å². The minimum Gasteiger partial charge on any atom is -0.492 e. The molecule has 1 aromatic heterocycles. The van der Waals surface area contributed by atoms with E-state index in [0.29, 0.717) is 28.7 Å². The molecule has 0 radical (unpaired) electrons. The molecular formula is C10H11NO3S. The van der Waals surface area contributed by atoms with Crippen molar-refractivity contribution in [2.45, 2.75) is 13.8 Å². The highest BCUT2D eigenvalue weighted by Crippen LogP contribution is 2.29. The molecule has 0 saturated carbocycles. The Kier molecular flexibility index (Phi) is 4.13. The monoisotopic (exact) mass is 225 g/mol. The molecule has 4 nitrogen and oxygen atoms in total. The first kappa shape index (κ1) is 11.5. The molecule has 1 heterocycles. The number of carbonyl (C=O) groups is 1. The van der Waals surface area contributed by atoms with E-state index in [-0.39, 0.29) is 0 Å². The topological polar surface area (TPSA) is 59.3 Å². The quantitative estimate of drug-likeness (QED) is 0.737. The van der Waals surface area contributed by atoms with Gasteiger partial charge in [0, 0.05) is 6.07 Å². The first-order valence-electron chi connectivity index (χ1n) is 4.56. The predicted molar refractivity (Wildman–Crippen MR) is 56.2 cm³/mol. The zero-order valence-electron chi connectivity index (χ0n) is 8.57. The van der Waals surface area contributed by atoms with Gasteiger partial charge in [0.1, 0.15) is 16.7 Å². The molecule has 0 aromatic carbocycles. The first-order chi connectivity index (χ1) is 7.22. The Labute approximate surface area is 92.0 Å². The second-order valence-corrected chi connectivity index (χ2v) is 3.62. The van der Waals surface area contributed by atoms with Gasteiger partial charge in [-0.25, -0.2) is 4.79 Å². The highest BCUT2D eigenvalue weighted by atomic mass is 32.1. The van der Waals surface area contributed by atoms with E-state index in [1.165, 1.54) is 0 Å². The van der Waals surface area contributed by atoms with Gasteiger partial charge in [-0.1, -0.05) is 0 Å². The van der Waals surface area contributed by atoms with Crippen molar-refractivity contribution < 1.29 is 14.3 Å². The van der Waals surface area contributed by atoms with Crippen LogP contribution in [0.1, 0.15) is 28.4 Å².